The fourth-order valence-electron chi connectivity index (χ4n) is 3.91. The molecule has 2 saturated heterocycles. The Hall–Kier alpha value is -1.06. The van der Waals surface area contributed by atoms with Gasteiger partial charge in [0.15, 0.2) is 0 Å². The van der Waals surface area contributed by atoms with E-state index in [-0.39, 0.29) is 18.3 Å². The molecule has 0 radical (unpaired) electrons. The maximum absolute atomic E-state index is 12.6. The molecule has 1 N–H and O–H groups in total. The van der Waals surface area contributed by atoms with Gasteiger partial charge in [-0.05, 0) is 36.8 Å². The predicted octanol–water partition coefficient (Wildman–Crippen LogP) is 3.06. The van der Waals surface area contributed by atoms with Crippen molar-refractivity contribution in [3.8, 4) is 0 Å². The third-order valence-corrected chi connectivity index (χ3v) is 5.21. The zero-order valence-electron chi connectivity index (χ0n) is 13.3. The molecular formula is C18H27ClN2O. The molecule has 3 unspecified atom stereocenters. The summed E-state index contributed by atoms with van der Waals surface area (Å²) < 4.78 is 0. The second-order valence-electron chi connectivity index (χ2n) is 6.45. The van der Waals surface area contributed by atoms with E-state index in [1.165, 1.54) is 5.56 Å². The van der Waals surface area contributed by atoms with Crippen molar-refractivity contribution in [3.05, 3.63) is 35.9 Å². The second-order valence-corrected chi connectivity index (χ2v) is 6.45. The van der Waals surface area contributed by atoms with Gasteiger partial charge in [0.25, 0.3) is 0 Å². The molecule has 22 heavy (non-hydrogen) atoms. The molecule has 2 heterocycles. The minimum absolute atomic E-state index is 0. The van der Waals surface area contributed by atoms with Gasteiger partial charge in [-0.25, -0.2) is 0 Å². The first-order chi connectivity index (χ1) is 10.3. The van der Waals surface area contributed by atoms with Gasteiger partial charge >= 0.3 is 0 Å². The van der Waals surface area contributed by atoms with E-state index in [4.69, 9.17) is 0 Å². The highest BCUT2D eigenvalue weighted by Gasteiger charge is 2.34. The van der Waals surface area contributed by atoms with Crippen LogP contribution in [0.1, 0.15) is 37.7 Å². The molecule has 1 aromatic carbocycles. The Kier molecular flexibility index (Phi) is 6.27. The number of carbonyl (C=O) groups excluding carboxylic acids is 1. The van der Waals surface area contributed by atoms with Crippen LogP contribution in [0.2, 0.25) is 0 Å². The largest absolute Gasteiger partial charge is 0.342 e. The first kappa shape index (κ1) is 17.3. The zero-order valence-corrected chi connectivity index (χ0v) is 14.1. The molecule has 3 rings (SSSR count). The molecule has 2 aliphatic rings. The van der Waals surface area contributed by atoms with Crippen molar-refractivity contribution >= 4 is 18.3 Å². The maximum atomic E-state index is 12.6. The molecule has 1 amide bonds. The number of hydrogen-bond donors (Lipinski definition) is 1. The summed E-state index contributed by atoms with van der Waals surface area (Å²) in [7, 11) is 0. The van der Waals surface area contributed by atoms with Crippen LogP contribution in [0.3, 0.4) is 0 Å². The van der Waals surface area contributed by atoms with E-state index in [9.17, 15) is 4.79 Å². The van der Waals surface area contributed by atoms with Crippen LogP contribution >= 0.6 is 12.4 Å². The van der Waals surface area contributed by atoms with E-state index in [1.807, 2.05) is 0 Å². The van der Waals surface area contributed by atoms with Crippen molar-refractivity contribution < 1.29 is 4.79 Å². The Labute approximate surface area is 139 Å². The van der Waals surface area contributed by atoms with Crippen LogP contribution in [-0.4, -0.2) is 37.0 Å². The maximum Gasteiger partial charge on any atom is 0.227 e. The fraction of sp³-hybridized carbons (Fsp3) is 0.611. The topological polar surface area (TPSA) is 32.3 Å². The van der Waals surface area contributed by atoms with Gasteiger partial charge in [0.1, 0.15) is 0 Å². The minimum Gasteiger partial charge on any atom is -0.342 e. The lowest BCUT2D eigenvalue weighted by atomic mass is 9.79. The third-order valence-electron chi connectivity index (χ3n) is 5.21. The quantitative estimate of drug-likeness (QED) is 0.927. The van der Waals surface area contributed by atoms with E-state index >= 15 is 0 Å². The van der Waals surface area contributed by atoms with E-state index in [0.29, 0.717) is 17.7 Å². The van der Waals surface area contributed by atoms with Crippen molar-refractivity contribution in [3.63, 3.8) is 0 Å². The Bertz CT molecular complexity index is 473. The highest BCUT2D eigenvalue weighted by molar-refractivity contribution is 5.85. The fourth-order valence-corrected chi connectivity index (χ4v) is 3.91. The lowest BCUT2D eigenvalue weighted by molar-refractivity contribution is -0.137. The van der Waals surface area contributed by atoms with E-state index < -0.39 is 0 Å². The van der Waals surface area contributed by atoms with Crippen LogP contribution in [0.5, 0.6) is 0 Å². The van der Waals surface area contributed by atoms with Gasteiger partial charge in [-0.2, -0.15) is 0 Å². The van der Waals surface area contributed by atoms with Gasteiger partial charge in [-0.1, -0.05) is 43.7 Å². The number of nitrogens with one attached hydrogen (secondary N) is 1. The number of rotatable bonds is 3. The van der Waals surface area contributed by atoms with Crippen LogP contribution in [0.4, 0.5) is 0 Å². The normalized spacial score (nSPS) is 28.2. The van der Waals surface area contributed by atoms with Gasteiger partial charge in [0.05, 0.1) is 5.92 Å². The smallest absolute Gasteiger partial charge is 0.227 e. The van der Waals surface area contributed by atoms with E-state index in [1.54, 1.807) is 0 Å². The first-order valence-electron chi connectivity index (χ1n) is 8.34. The molecule has 0 aromatic heterocycles. The van der Waals surface area contributed by atoms with Crippen LogP contribution in [0, 0.1) is 11.8 Å². The SMILES string of the molecule is CCC1CN(C(=O)C2CCNC2)CCC1c1ccccc1.Cl. The molecule has 2 aliphatic heterocycles. The van der Waals surface area contributed by atoms with Crippen molar-refractivity contribution in [1.29, 1.82) is 0 Å². The summed E-state index contributed by atoms with van der Waals surface area (Å²) in [5.41, 5.74) is 1.44. The number of amides is 1. The molecular weight excluding hydrogens is 296 g/mol. The monoisotopic (exact) mass is 322 g/mol. The molecule has 3 nitrogen and oxygen atoms in total. The number of likely N-dealkylation sites (tertiary alicyclic amines) is 1. The predicted molar refractivity (Wildman–Crippen MR) is 92.4 cm³/mol. The highest BCUT2D eigenvalue weighted by atomic mass is 35.5. The number of benzene rings is 1. The Morgan fingerprint density at radius 3 is 2.68 bits per heavy atom. The first-order valence-corrected chi connectivity index (χ1v) is 8.34. The standard InChI is InChI=1S/C18H26N2O.ClH/c1-2-14-13-20(18(21)16-8-10-19-12-16)11-9-17(14)15-6-4-3-5-7-15;/h3-7,14,16-17,19H,2,8-13H2,1H3;1H. The van der Waals surface area contributed by atoms with E-state index in [0.717, 1.165) is 45.4 Å². The molecule has 4 heteroatoms. The van der Waals surface area contributed by atoms with Gasteiger partial charge in [-0.3, -0.25) is 4.79 Å². The molecule has 122 valence electrons. The molecule has 0 bridgehead atoms. The molecule has 3 atom stereocenters. The number of halogens is 1. The van der Waals surface area contributed by atoms with Crippen molar-refractivity contribution in [2.24, 2.45) is 11.8 Å². The average Bonchev–Trinajstić information content (AvgIpc) is 3.09. The zero-order chi connectivity index (χ0) is 14.7. The van der Waals surface area contributed by atoms with Crippen LogP contribution in [-0.2, 0) is 4.79 Å². The molecule has 1 aromatic rings. The number of hydrogen-bond acceptors (Lipinski definition) is 2. The van der Waals surface area contributed by atoms with E-state index in [2.05, 4.69) is 47.5 Å². The second kappa shape index (κ2) is 7.98. The Balaban J connectivity index is 0.00000176. The summed E-state index contributed by atoms with van der Waals surface area (Å²) in [5.74, 6) is 1.81. The summed E-state index contributed by atoms with van der Waals surface area (Å²) in [4.78, 5) is 14.7. The molecule has 2 fully saturated rings. The van der Waals surface area contributed by atoms with Gasteiger partial charge in [0, 0.05) is 19.6 Å². The van der Waals surface area contributed by atoms with Crippen molar-refractivity contribution in [2.45, 2.75) is 32.1 Å². The summed E-state index contributed by atoms with van der Waals surface area (Å²) in [5, 5.41) is 3.30. The minimum atomic E-state index is 0. The summed E-state index contributed by atoms with van der Waals surface area (Å²) >= 11 is 0. The van der Waals surface area contributed by atoms with Crippen molar-refractivity contribution in [1.82, 2.24) is 10.2 Å². The van der Waals surface area contributed by atoms with Crippen LogP contribution in [0.25, 0.3) is 0 Å². The highest BCUT2D eigenvalue weighted by Crippen LogP contribution is 2.35. The third kappa shape index (κ3) is 3.64. The Morgan fingerprint density at radius 2 is 2.05 bits per heavy atom. The number of nitrogens with zero attached hydrogens (tertiary/aromatic N) is 1. The van der Waals surface area contributed by atoms with Gasteiger partial charge in [-0.15, -0.1) is 12.4 Å². The summed E-state index contributed by atoms with van der Waals surface area (Å²) in [6.45, 7) is 5.98. The number of piperidine rings is 1. The lowest BCUT2D eigenvalue weighted by Gasteiger charge is -2.39. The van der Waals surface area contributed by atoms with Gasteiger partial charge in [0.2, 0.25) is 5.91 Å². The number of carbonyl (C=O) groups is 1. The Morgan fingerprint density at radius 1 is 1.27 bits per heavy atom. The summed E-state index contributed by atoms with van der Waals surface area (Å²) in [6, 6.07) is 10.8. The molecule has 0 saturated carbocycles. The summed E-state index contributed by atoms with van der Waals surface area (Å²) in [6.07, 6.45) is 3.26. The van der Waals surface area contributed by atoms with Crippen LogP contribution < -0.4 is 5.32 Å². The van der Waals surface area contributed by atoms with Gasteiger partial charge < -0.3 is 10.2 Å². The lowest BCUT2D eigenvalue weighted by Crippen LogP contribution is -2.45. The van der Waals surface area contributed by atoms with Crippen LogP contribution in [0.15, 0.2) is 30.3 Å². The van der Waals surface area contributed by atoms with Crippen molar-refractivity contribution in [2.75, 3.05) is 26.2 Å². The molecule has 0 aliphatic carbocycles. The average molecular weight is 323 g/mol. The molecule has 0 spiro atoms.